The van der Waals surface area contributed by atoms with Crippen LogP contribution in [-0.2, 0) is 14.8 Å². The third kappa shape index (κ3) is 4.53. The second kappa shape index (κ2) is 7.21. The molecule has 6 nitrogen and oxygen atoms in total. The Balaban J connectivity index is 2.09. The number of hydrogen-bond acceptors (Lipinski definition) is 4. The molecule has 1 amide bonds. The number of carbonyl (C=O) groups is 1. The molecule has 0 bridgehead atoms. The van der Waals surface area contributed by atoms with Crippen molar-refractivity contribution in [2.24, 2.45) is 5.92 Å². The fraction of sp³-hybridized carbons (Fsp3) is 0.533. The Bertz CT molecular complexity index is 637. The van der Waals surface area contributed by atoms with Crippen molar-refractivity contribution < 1.29 is 13.2 Å². The summed E-state index contributed by atoms with van der Waals surface area (Å²) in [6, 6.07) is 4.75. The first-order chi connectivity index (χ1) is 10.4. The average molecular weight is 325 g/mol. The van der Waals surface area contributed by atoms with Gasteiger partial charge in [0.2, 0.25) is 15.9 Å². The number of carbonyl (C=O) groups excluding carboxylic acids is 1. The van der Waals surface area contributed by atoms with Gasteiger partial charge in [-0.25, -0.2) is 13.1 Å². The van der Waals surface area contributed by atoms with Crippen LogP contribution in [0.2, 0.25) is 0 Å². The van der Waals surface area contributed by atoms with Crippen LogP contribution in [0.4, 0.5) is 5.69 Å². The van der Waals surface area contributed by atoms with Gasteiger partial charge in [0.25, 0.3) is 0 Å². The summed E-state index contributed by atoms with van der Waals surface area (Å²) in [6.07, 6.45) is 2.10. The minimum atomic E-state index is -3.56. The van der Waals surface area contributed by atoms with Gasteiger partial charge in [-0.2, -0.15) is 0 Å². The van der Waals surface area contributed by atoms with Crippen molar-refractivity contribution in [3.8, 4) is 0 Å². The van der Waals surface area contributed by atoms with Gasteiger partial charge >= 0.3 is 0 Å². The number of anilines is 1. The van der Waals surface area contributed by atoms with Crippen LogP contribution in [0.3, 0.4) is 0 Å². The van der Waals surface area contributed by atoms with E-state index in [9.17, 15) is 13.2 Å². The Morgan fingerprint density at radius 3 is 2.82 bits per heavy atom. The number of aryl methyl sites for hydroxylation is 1. The topological polar surface area (TPSA) is 87.3 Å². The lowest BCUT2D eigenvalue weighted by Crippen LogP contribution is -2.38. The first-order valence-corrected chi connectivity index (χ1v) is 8.95. The Kier molecular flexibility index (Phi) is 5.55. The quantitative estimate of drug-likeness (QED) is 0.760. The molecule has 0 spiro atoms. The van der Waals surface area contributed by atoms with Crippen molar-refractivity contribution in [2.45, 2.75) is 31.6 Å². The minimum absolute atomic E-state index is 0.172. The molecule has 0 aromatic heterocycles. The number of nitrogens with one attached hydrogen (secondary N) is 3. The maximum absolute atomic E-state index is 12.4. The lowest BCUT2D eigenvalue weighted by Gasteiger charge is -2.22. The molecule has 1 fully saturated rings. The Morgan fingerprint density at radius 2 is 2.18 bits per heavy atom. The zero-order chi connectivity index (χ0) is 16.2. The molecule has 1 aliphatic rings. The summed E-state index contributed by atoms with van der Waals surface area (Å²) < 4.78 is 27.4. The highest BCUT2D eigenvalue weighted by molar-refractivity contribution is 7.89. The van der Waals surface area contributed by atoms with E-state index in [-0.39, 0.29) is 10.8 Å². The van der Waals surface area contributed by atoms with Crippen molar-refractivity contribution in [1.82, 2.24) is 10.0 Å². The molecule has 2 rings (SSSR count). The summed E-state index contributed by atoms with van der Waals surface area (Å²) >= 11 is 0. The molecule has 1 atom stereocenters. The van der Waals surface area contributed by atoms with Crippen LogP contribution < -0.4 is 15.4 Å². The highest BCUT2D eigenvalue weighted by Crippen LogP contribution is 2.20. The molecule has 1 unspecified atom stereocenters. The molecule has 22 heavy (non-hydrogen) atoms. The fourth-order valence-electron chi connectivity index (χ4n) is 2.50. The summed E-state index contributed by atoms with van der Waals surface area (Å²) in [6.45, 7) is 5.49. The Hall–Kier alpha value is -1.44. The third-order valence-electron chi connectivity index (χ3n) is 3.79. The van der Waals surface area contributed by atoms with Gasteiger partial charge in [0.1, 0.15) is 0 Å². The van der Waals surface area contributed by atoms with E-state index >= 15 is 0 Å². The average Bonchev–Trinajstić information content (AvgIpc) is 2.48. The standard InChI is InChI=1S/C15H23N3O3S/c1-11-5-6-14(8-15(11)18-12(2)19)22(20,21)17-10-13-4-3-7-16-9-13/h5-6,8,13,16-17H,3-4,7,9-10H2,1-2H3,(H,18,19). The van der Waals surface area contributed by atoms with Crippen LogP contribution in [0.1, 0.15) is 25.3 Å². The Morgan fingerprint density at radius 1 is 1.41 bits per heavy atom. The monoisotopic (exact) mass is 325 g/mol. The summed E-state index contributed by atoms with van der Waals surface area (Å²) in [4.78, 5) is 11.3. The summed E-state index contributed by atoms with van der Waals surface area (Å²) in [5.74, 6) is 0.0997. The molecule has 122 valence electrons. The molecule has 3 N–H and O–H groups in total. The van der Waals surface area contributed by atoms with E-state index in [1.165, 1.54) is 13.0 Å². The predicted molar refractivity (Wildman–Crippen MR) is 86.3 cm³/mol. The summed E-state index contributed by atoms with van der Waals surface area (Å²) in [7, 11) is -3.56. The first-order valence-electron chi connectivity index (χ1n) is 7.47. The number of piperidine rings is 1. The van der Waals surface area contributed by atoms with E-state index in [1.807, 2.05) is 6.92 Å². The number of rotatable bonds is 5. The van der Waals surface area contributed by atoms with Gasteiger partial charge in [-0.05, 0) is 56.5 Å². The second-order valence-corrected chi connectivity index (χ2v) is 7.49. The number of benzene rings is 1. The molecule has 1 aromatic carbocycles. The molecule has 0 radical (unpaired) electrons. The van der Waals surface area contributed by atoms with Crippen LogP contribution in [0.15, 0.2) is 23.1 Å². The molecule has 7 heteroatoms. The highest BCUT2D eigenvalue weighted by Gasteiger charge is 2.19. The molecule has 1 heterocycles. The third-order valence-corrected chi connectivity index (χ3v) is 5.21. The summed E-state index contributed by atoms with van der Waals surface area (Å²) in [5.41, 5.74) is 1.35. The fourth-order valence-corrected chi connectivity index (χ4v) is 3.64. The van der Waals surface area contributed by atoms with Crippen molar-refractivity contribution in [3.63, 3.8) is 0 Å². The first kappa shape index (κ1) is 16.9. The molecule has 0 saturated carbocycles. The van der Waals surface area contributed by atoms with Gasteiger partial charge in [-0.3, -0.25) is 4.79 Å². The van der Waals surface area contributed by atoms with E-state index in [0.29, 0.717) is 18.2 Å². The van der Waals surface area contributed by atoms with Gasteiger partial charge in [0.05, 0.1) is 4.90 Å². The maximum Gasteiger partial charge on any atom is 0.240 e. The number of hydrogen-bond donors (Lipinski definition) is 3. The normalized spacial score (nSPS) is 18.9. The van der Waals surface area contributed by atoms with Gasteiger partial charge in [0.15, 0.2) is 0 Å². The molecule has 1 aliphatic heterocycles. The van der Waals surface area contributed by atoms with Crippen LogP contribution in [0.5, 0.6) is 0 Å². The van der Waals surface area contributed by atoms with Gasteiger partial charge in [0, 0.05) is 19.2 Å². The Labute approximate surface area is 131 Å². The van der Waals surface area contributed by atoms with Crippen LogP contribution in [0.25, 0.3) is 0 Å². The van der Waals surface area contributed by atoms with E-state index < -0.39 is 10.0 Å². The maximum atomic E-state index is 12.4. The van der Waals surface area contributed by atoms with Gasteiger partial charge in [-0.15, -0.1) is 0 Å². The molecule has 1 aromatic rings. The number of amides is 1. The predicted octanol–water partition coefficient (Wildman–Crippen LogP) is 1.23. The lowest BCUT2D eigenvalue weighted by atomic mass is 10.0. The highest BCUT2D eigenvalue weighted by atomic mass is 32.2. The van der Waals surface area contributed by atoms with E-state index in [2.05, 4.69) is 15.4 Å². The largest absolute Gasteiger partial charge is 0.326 e. The minimum Gasteiger partial charge on any atom is -0.326 e. The van der Waals surface area contributed by atoms with Crippen molar-refractivity contribution in [2.75, 3.05) is 25.0 Å². The second-order valence-electron chi connectivity index (χ2n) is 5.72. The zero-order valence-electron chi connectivity index (χ0n) is 13.0. The van der Waals surface area contributed by atoms with Crippen molar-refractivity contribution >= 4 is 21.6 Å². The van der Waals surface area contributed by atoms with Crippen molar-refractivity contribution in [3.05, 3.63) is 23.8 Å². The molecular weight excluding hydrogens is 302 g/mol. The van der Waals surface area contributed by atoms with E-state index in [4.69, 9.17) is 0 Å². The van der Waals surface area contributed by atoms with Gasteiger partial charge in [-0.1, -0.05) is 6.07 Å². The summed E-state index contributed by atoms with van der Waals surface area (Å²) in [5, 5.41) is 5.92. The smallest absolute Gasteiger partial charge is 0.240 e. The van der Waals surface area contributed by atoms with Crippen LogP contribution in [-0.4, -0.2) is 34.0 Å². The van der Waals surface area contributed by atoms with E-state index in [1.54, 1.807) is 12.1 Å². The zero-order valence-corrected chi connectivity index (χ0v) is 13.8. The SMILES string of the molecule is CC(=O)Nc1cc(S(=O)(=O)NCC2CCCNC2)ccc1C. The molecule has 0 aliphatic carbocycles. The molecule has 1 saturated heterocycles. The number of sulfonamides is 1. The van der Waals surface area contributed by atoms with E-state index in [0.717, 1.165) is 31.5 Å². The molecular formula is C15H23N3O3S. The van der Waals surface area contributed by atoms with Crippen LogP contribution >= 0.6 is 0 Å². The van der Waals surface area contributed by atoms with Gasteiger partial charge < -0.3 is 10.6 Å². The van der Waals surface area contributed by atoms with Crippen molar-refractivity contribution in [1.29, 1.82) is 0 Å². The lowest BCUT2D eigenvalue weighted by molar-refractivity contribution is -0.114. The van der Waals surface area contributed by atoms with Crippen LogP contribution in [0, 0.1) is 12.8 Å².